The summed E-state index contributed by atoms with van der Waals surface area (Å²) in [6.45, 7) is 6.54. The minimum Gasteiger partial charge on any atom is -0.462 e. The third-order valence-corrected chi connectivity index (χ3v) is 12.7. The Labute approximate surface area is 404 Å². The Kier molecular flexibility index (Phi) is 52.3. The van der Waals surface area contributed by atoms with E-state index in [4.69, 9.17) is 14.2 Å². The maximum Gasteiger partial charge on any atom is 0.306 e. The van der Waals surface area contributed by atoms with Crippen molar-refractivity contribution in [1.82, 2.24) is 0 Å². The first-order chi connectivity index (χ1) is 32.0. The number of carbonyl (C=O) groups excluding carboxylic acids is 3. The van der Waals surface area contributed by atoms with Crippen LogP contribution in [0.4, 0.5) is 0 Å². The Bertz CT molecular complexity index is 1090. The molecule has 0 aliphatic rings. The molecule has 0 saturated carbocycles. The third-order valence-electron chi connectivity index (χ3n) is 12.7. The van der Waals surface area contributed by atoms with Crippen molar-refractivity contribution in [3.8, 4) is 0 Å². The van der Waals surface area contributed by atoms with Crippen LogP contribution in [0.15, 0.2) is 36.5 Å². The summed E-state index contributed by atoms with van der Waals surface area (Å²) in [6, 6.07) is 0. The molecule has 0 heterocycles. The Balaban J connectivity index is 4.32. The molecule has 0 N–H and O–H groups in total. The largest absolute Gasteiger partial charge is 0.462 e. The number of unbranched alkanes of at least 4 members (excludes halogenated alkanes) is 37. The van der Waals surface area contributed by atoms with Crippen molar-refractivity contribution in [2.45, 2.75) is 309 Å². The van der Waals surface area contributed by atoms with E-state index in [1.807, 2.05) is 0 Å². The molecule has 6 heteroatoms. The van der Waals surface area contributed by atoms with Crippen LogP contribution in [0.25, 0.3) is 0 Å². The molecule has 0 aromatic heterocycles. The van der Waals surface area contributed by atoms with Gasteiger partial charge < -0.3 is 14.2 Å². The van der Waals surface area contributed by atoms with Gasteiger partial charge in [-0.2, -0.15) is 0 Å². The van der Waals surface area contributed by atoms with Crippen molar-refractivity contribution in [2.24, 2.45) is 0 Å². The van der Waals surface area contributed by atoms with Gasteiger partial charge in [-0.05, 0) is 38.5 Å². The average molecular weight is 914 g/mol. The first-order valence-electron chi connectivity index (χ1n) is 28.5. The van der Waals surface area contributed by atoms with E-state index in [9.17, 15) is 14.4 Å². The number of esters is 3. The summed E-state index contributed by atoms with van der Waals surface area (Å²) in [7, 11) is 0. The van der Waals surface area contributed by atoms with Gasteiger partial charge in [0.2, 0.25) is 0 Å². The van der Waals surface area contributed by atoms with E-state index >= 15 is 0 Å². The molecule has 0 bridgehead atoms. The molecule has 0 amide bonds. The van der Waals surface area contributed by atoms with Crippen LogP contribution >= 0.6 is 0 Å². The standard InChI is InChI=1S/C59H108O6/c1-4-7-10-13-16-19-22-25-27-29-30-32-34-37-40-43-46-49-52-58(61)64-55-56(54-63-57(60)51-48-45-42-39-36-33-24-21-18-15-12-9-6-3)65-59(62)53-50-47-44-41-38-35-31-28-26-23-20-17-14-11-8-5-2/h9,12,15,18,21,24,56H,4-8,10-11,13-14,16-17,19-20,22-23,25-55H2,1-3H3/b12-9-,18-15-,24-21-. The van der Waals surface area contributed by atoms with E-state index in [1.165, 1.54) is 180 Å². The molecule has 1 unspecified atom stereocenters. The van der Waals surface area contributed by atoms with Gasteiger partial charge in [-0.3, -0.25) is 14.4 Å². The highest BCUT2D eigenvalue weighted by Crippen LogP contribution is 2.17. The van der Waals surface area contributed by atoms with Crippen LogP contribution in [0.3, 0.4) is 0 Å². The van der Waals surface area contributed by atoms with E-state index in [0.717, 1.165) is 83.5 Å². The molecule has 0 aliphatic carbocycles. The number of hydrogen-bond donors (Lipinski definition) is 0. The highest BCUT2D eigenvalue weighted by molar-refractivity contribution is 5.71. The smallest absolute Gasteiger partial charge is 0.306 e. The molecule has 0 aromatic rings. The average Bonchev–Trinajstić information content (AvgIpc) is 3.30. The second-order valence-corrected chi connectivity index (χ2v) is 19.2. The minimum atomic E-state index is -0.776. The Morgan fingerprint density at radius 2 is 0.600 bits per heavy atom. The summed E-state index contributed by atoms with van der Waals surface area (Å²) < 4.78 is 16.9. The molecule has 380 valence electrons. The number of rotatable bonds is 52. The zero-order valence-corrected chi connectivity index (χ0v) is 43.5. The molecular weight excluding hydrogens is 805 g/mol. The van der Waals surface area contributed by atoms with Gasteiger partial charge in [0, 0.05) is 19.3 Å². The zero-order valence-electron chi connectivity index (χ0n) is 43.5. The molecule has 65 heavy (non-hydrogen) atoms. The molecule has 0 aliphatic heterocycles. The molecular formula is C59H108O6. The normalized spacial score (nSPS) is 12.2. The van der Waals surface area contributed by atoms with Crippen molar-refractivity contribution in [1.29, 1.82) is 0 Å². The second-order valence-electron chi connectivity index (χ2n) is 19.2. The fraction of sp³-hybridized carbons (Fsp3) is 0.847. The van der Waals surface area contributed by atoms with Gasteiger partial charge in [0.1, 0.15) is 13.2 Å². The van der Waals surface area contributed by atoms with Crippen molar-refractivity contribution >= 4 is 17.9 Å². The monoisotopic (exact) mass is 913 g/mol. The van der Waals surface area contributed by atoms with Crippen LogP contribution in [0, 0.1) is 0 Å². The number of hydrogen-bond acceptors (Lipinski definition) is 6. The summed E-state index contributed by atoms with van der Waals surface area (Å²) in [5, 5.41) is 0. The van der Waals surface area contributed by atoms with Gasteiger partial charge in [0.05, 0.1) is 0 Å². The maximum atomic E-state index is 12.8. The predicted molar refractivity (Wildman–Crippen MR) is 279 cm³/mol. The molecule has 0 radical (unpaired) electrons. The van der Waals surface area contributed by atoms with E-state index in [2.05, 4.69) is 57.2 Å². The van der Waals surface area contributed by atoms with Gasteiger partial charge in [-0.25, -0.2) is 0 Å². The second kappa shape index (κ2) is 54.2. The summed E-state index contributed by atoms with van der Waals surface area (Å²) in [5.74, 6) is -0.876. The molecule has 0 aromatic carbocycles. The Morgan fingerprint density at radius 1 is 0.323 bits per heavy atom. The summed E-state index contributed by atoms with van der Waals surface area (Å²) in [5.41, 5.74) is 0. The van der Waals surface area contributed by atoms with E-state index in [1.54, 1.807) is 0 Å². The molecule has 0 saturated heterocycles. The Morgan fingerprint density at radius 3 is 0.923 bits per heavy atom. The number of allylic oxidation sites excluding steroid dienone is 6. The first-order valence-corrected chi connectivity index (χ1v) is 28.5. The molecule has 0 spiro atoms. The zero-order chi connectivity index (χ0) is 47.2. The third kappa shape index (κ3) is 52.5. The van der Waals surface area contributed by atoms with E-state index in [0.29, 0.717) is 19.3 Å². The fourth-order valence-corrected chi connectivity index (χ4v) is 8.45. The van der Waals surface area contributed by atoms with Crippen LogP contribution in [0.5, 0.6) is 0 Å². The molecule has 6 nitrogen and oxygen atoms in total. The highest BCUT2D eigenvalue weighted by atomic mass is 16.6. The highest BCUT2D eigenvalue weighted by Gasteiger charge is 2.19. The molecule has 0 rings (SSSR count). The summed E-state index contributed by atoms with van der Waals surface area (Å²) in [4.78, 5) is 38.1. The van der Waals surface area contributed by atoms with Crippen LogP contribution in [0.1, 0.15) is 303 Å². The first kappa shape index (κ1) is 62.6. The van der Waals surface area contributed by atoms with E-state index < -0.39 is 6.10 Å². The number of ether oxygens (including phenoxy) is 3. The number of carbonyl (C=O) groups is 3. The van der Waals surface area contributed by atoms with Crippen LogP contribution in [-0.4, -0.2) is 37.2 Å². The van der Waals surface area contributed by atoms with Crippen molar-refractivity contribution in [3.05, 3.63) is 36.5 Å². The SMILES string of the molecule is CC\C=C/C=C\C=C/CCCCCCCC(=O)OCC(COC(=O)CCCCCCCCCCCCCCCCCCCC)OC(=O)CCCCCCCCCCCCCCCCCC. The van der Waals surface area contributed by atoms with Crippen molar-refractivity contribution in [3.63, 3.8) is 0 Å². The topological polar surface area (TPSA) is 78.9 Å². The van der Waals surface area contributed by atoms with Gasteiger partial charge in [0.15, 0.2) is 6.10 Å². The van der Waals surface area contributed by atoms with Crippen molar-refractivity contribution < 1.29 is 28.6 Å². The van der Waals surface area contributed by atoms with Crippen LogP contribution < -0.4 is 0 Å². The lowest BCUT2D eigenvalue weighted by molar-refractivity contribution is -0.167. The Hall–Kier alpha value is -2.37. The van der Waals surface area contributed by atoms with Gasteiger partial charge in [-0.1, -0.05) is 282 Å². The lowest BCUT2D eigenvalue weighted by Gasteiger charge is -2.18. The van der Waals surface area contributed by atoms with Gasteiger partial charge >= 0.3 is 17.9 Å². The van der Waals surface area contributed by atoms with Gasteiger partial charge in [-0.15, -0.1) is 0 Å². The fourth-order valence-electron chi connectivity index (χ4n) is 8.45. The summed E-state index contributed by atoms with van der Waals surface area (Å²) in [6.07, 6.45) is 64.2. The van der Waals surface area contributed by atoms with E-state index in [-0.39, 0.29) is 31.1 Å². The quantitative estimate of drug-likeness (QED) is 0.0262. The van der Waals surface area contributed by atoms with Crippen LogP contribution in [0.2, 0.25) is 0 Å². The van der Waals surface area contributed by atoms with Crippen LogP contribution in [-0.2, 0) is 28.6 Å². The molecule has 1 atom stereocenters. The maximum absolute atomic E-state index is 12.8. The van der Waals surface area contributed by atoms with Gasteiger partial charge in [0.25, 0.3) is 0 Å². The predicted octanol–water partition coefficient (Wildman–Crippen LogP) is 18.9. The summed E-state index contributed by atoms with van der Waals surface area (Å²) >= 11 is 0. The lowest BCUT2D eigenvalue weighted by atomic mass is 10.0. The lowest BCUT2D eigenvalue weighted by Crippen LogP contribution is -2.30. The van der Waals surface area contributed by atoms with Crippen molar-refractivity contribution in [2.75, 3.05) is 13.2 Å². The molecule has 0 fully saturated rings. The minimum absolute atomic E-state index is 0.0739.